The highest BCUT2D eigenvalue weighted by Gasteiger charge is 2.10. The molecule has 2 rings (SSSR count). The van der Waals surface area contributed by atoms with E-state index in [2.05, 4.69) is 21.2 Å². The van der Waals surface area contributed by atoms with E-state index in [1.165, 1.54) is 24.3 Å². The Morgan fingerprint density at radius 3 is 2.55 bits per heavy atom. The van der Waals surface area contributed by atoms with Gasteiger partial charge in [-0.15, -0.1) is 0 Å². The summed E-state index contributed by atoms with van der Waals surface area (Å²) in [7, 11) is 0. The van der Waals surface area contributed by atoms with Crippen molar-refractivity contribution in [1.82, 2.24) is 0 Å². The van der Waals surface area contributed by atoms with Gasteiger partial charge in [0.1, 0.15) is 11.6 Å². The van der Waals surface area contributed by atoms with Crippen LogP contribution in [0.4, 0.5) is 14.5 Å². The van der Waals surface area contributed by atoms with Gasteiger partial charge >= 0.3 is 0 Å². The first-order valence-electron chi connectivity index (χ1n) is 5.64. The monoisotopic (exact) mass is 359 g/mol. The topological polar surface area (TPSA) is 29.1 Å². The second-order valence-electron chi connectivity index (χ2n) is 4.09. The molecule has 104 valence electrons. The number of carbonyl (C=O) groups is 1. The van der Waals surface area contributed by atoms with Gasteiger partial charge in [0.2, 0.25) is 5.91 Å². The molecule has 6 heteroatoms. The van der Waals surface area contributed by atoms with Crippen LogP contribution < -0.4 is 5.32 Å². The minimum Gasteiger partial charge on any atom is -0.326 e. The minimum absolute atomic E-state index is 0.0866. The van der Waals surface area contributed by atoms with Crippen LogP contribution in [0, 0.1) is 11.6 Å². The maximum atomic E-state index is 13.5. The van der Waals surface area contributed by atoms with Gasteiger partial charge in [-0.3, -0.25) is 4.79 Å². The van der Waals surface area contributed by atoms with Crippen molar-refractivity contribution in [1.29, 1.82) is 0 Å². The van der Waals surface area contributed by atoms with Gasteiger partial charge in [-0.2, -0.15) is 0 Å². The highest BCUT2D eigenvalue weighted by atomic mass is 79.9. The molecule has 0 saturated carbocycles. The van der Waals surface area contributed by atoms with Crippen LogP contribution in [0.15, 0.2) is 40.9 Å². The highest BCUT2D eigenvalue weighted by Crippen LogP contribution is 2.20. The summed E-state index contributed by atoms with van der Waals surface area (Å²) in [6.45, 7) is 0. The maximum Gasteiger partial charge on any atom is 0.228 e. The van der Waals surface area contributed by atoms with Gasteiger partial charge < -0.3 is 5.32 Å². The Hall–Kier alpha value is -1.46. The lowest BCUT2D eigenvalue weighted by Gasteiger charge is -2.07. The van der Waals surface area contributed by atoms with E-state index in [1.54, 1.807) is 6.07 Å². The summed E-state index contributed by atoms with van der Waals surface area (Å²) in [5, 5.41) is 2.45. The summed E-state index contributed by atoms with van der Waals surface area (Å²) in [4.78, 5) is 11.8. The number of nitrogens with one attached hydrogen (secondary N) is 1. The van der Waals surface area contributed by atoms with Crippen LogP contribution in [0.1, 0.15) is 5.56 Å². The summed E-state index contributed by atoms with van der Waals surface area (Å²) in [5.41, 5.74) is 0.627. The van der Waals surface area contributed by atoms with E-state index in [4.69, 9.17) is 11.6 Å². The SMILES string of the molecule is O=C(Cc1cc(Br)ccc1F)Nc1ccc(F)c(Cl)c1. The van der Waals surface area contributed by atoms with Crippen molar-refractivity contribution in [2.75, 3.05) is 5.32 Å². The van der Waals surface area contributed by atoms with Crippen molar-refractivity contribution in [2.45, 2.75) is 6.42 Å². The largest absolute Gasteiger partial charge is 0.326 e. The normalized spacial score (nSPS) is 10.4. The van der Waals surface area contributed by atoms with Crippen molar-refractivity contribution >= 4 is 39.1 Å². The van der Waals surface area contributed by atoms with Crippen molar-refractivity contribution in [3.63, 3.8) is 0 Å². The Balaban J connectivity index is 2.09. The van der Waals surface area contributed by atoms with Crippen molar-refractivity contribution in [3.05, 3.63) is 63.1 Å². The van der Waals surface area contributed by atoms with Crippen LogP contribution in [0.5, 0.6) is 0 Å². The smallest absolute Gasteiger partial charge is 0.228 e. The Morgan fingerprint density at radius 1 is 1.15 bits per heavy atom. The molecule has 0 spiro atoms. The number of hydrogen-bond donors (Lipinski definition) is 1. The maximum absolute atomic E-state index is 13.5. The zero-order valence-electron chi connectivity index (χ0n) is 10.1. The van der Waals surface area contributed by atoms with Gasteiger partial charge in [-0.25, -0.2) is 8.78 Å². The molecule has 2 aromatic carbocycles. The second kappa shape index (κ2) is 6.33. The number of halogens is 4. The van der Waals surface area contributed by atoms with Crippen LogP contribution >= 0.6 is 27.5 Å². The number of rotatable bonds is 3. The fraction of sp³-hybridized carbons (Fsp3) is 0.0714. The Labute approximate surface area is 127 Å². The highest BCUT2D eigenvalue weighted by molar-refractivity contribution is 9.10. The van der Waals surface area contributed by atoms with Crippen LogP contribution in [0.3, 0.4) is 0 Å². The van der Waals surface area contributed by atoms with Gasteiger partial charge in [-0.05, 0) is 42.0 Å². The molecular weight excluding hydrogens is 352 g/mol. The molecule has 0 fully saturated rings. The molecular formula is C14H9BrClF2NO. The number of benzene rings is 2. The summed E-state index contributed by atoms with van der Waals surface area (Å²) in [6.07, 6.45) is -0.125. The van der Waals surface area contributed by atoms with Crippen LogP contribution in [0.2, 0.25) is 5.02 Å². The molecule has 1 N–H and O–H groups in total. The molecule has 0 unspecified atom stereocenters. The third-order valence-electron chi connectivity index (χ3n) is 2.56. The fourth-order valence-corrected chi connectivity index (χ4v) is 2.22. The zero-order chi connectivity index (χ0) is 14.7. The molecule has 0 saturated heterocycles. The van der Waals surface area contributed by atoms with Crippen LogP contribution in [-0.2, 0) is 11.2 Å². The lowest BCUT2D eigenvalue weighted by atomic mass is 10.1. The van der Waals surface area contributed by atoms with E-state index in [0.717, 1.165) is 6.07 Å². The van der Waals surface area contributed by atoms with E-state index < -0.39 is 17.5 Å². The zero-order valence-corrected chi connectivity index (χ0v) is 12.4. The third-order valence-corrected chi connectivity index (χ3v) is 3.35. The standard InChI is InChI=1S/C14H9BrClF2NO/c15-9-1-3-12(17)8(5-9)6-14(20)19-10-2-4-13(18)11(16)7-10/h1-5,7H,6H2,(H,19,20). The molecule has 0 aliphatic rings. The molecule has 1 amide bonds. The van der Waals surface area contributed by atoms with Gasteiger partial charge in [0.05, 0.1) is 11.4 Å². The Kier molecular flexibility index (Phi) is 4.73. The summed E-state index contributed by atoms with van der Waals surface area (Å²) in [5.74, 6) is -1.44. The molecule has 0 aromatic heterocycles. The first-order chi connectivity index (χ1) is 9.45. The van der Waals surface area contributed by atoms with Gasteiger partial charge in [0, 0.05) is 10.2 Å². The summed E-state index contributed by atoms with van der Waals surface area (Å²) in [6, 6.07) is 8.20. The average molecular weight is 361 g/mol. The minimum atomic E-state index is -0.567. The molecule has 0 atom stereocenters. The van der Waals surface area contributed by atoms with Crippen molar-refractivity contribution in [3.8, 4) is 0 Å². The molecule has 0 aliphatic carbocycles. The van der Waals surface area contributed by atoms with Gasteiger partial charge in [0.25, 0.3) is 0 Å². The number of carbonyl (C=O) groups excluding carboxylic acids is 1. The quantitative estimate of drug-likeness (QED) is 0.854. The average Bonchev–Trinajstić information content (AvgIpc) is 2.38. The number of amides is 1. The van der Waals surface area contributed by atoms with Crippen LogP contribution in [-0.4, -0.2) is 5.91 Å². The Bertz CT molecular complexity index is 664. The predicted molar refractivity (Wildman–Crippen MR) is 77.8 cm³/mol. The van der Waals surface area contributed by atoms with Gasteiger partial charge in [0.15, 0.2) is 0 Å². The van der Waals surface area contributed by atoms with Crippen molar-refractivity contribution in [2.24, 2.45) is 0 Å². The summed E-state index contributed by atoms with van der Waals surface area (Å²) < 4.78 is 27.2. The lowest BCUT2D eigenvalue weighted by molar-refractivity contribution is -0.115. The molecule has 2 aromatic rings. The molecule has 2 nitrogen and oxygen atoms in total. The Morgan fingerprint density at radius 2 is 1.85 bits per heavy atom. The van der Waals surface area contributed by atoms with Gasteiger partial charge in [-0.1, -0.05) is 27.5 Å². The van der Waals surface area contributed by atoms with E-state index in [-0.39, 0.29) is 17.0 Å². The first-order valence-corrected chi connectivity index (χ1v) is 6.81. The third kappa shape index (κ3) is 3.77. The molecule has 20 heavy (non-hydrogen) atoms. The molecule has 0 radical (unpaired) electrons. The molecule has 0 aliphatic heterocycles. The molecule has 0 bridgehead atoms. The second-order valence-corrected chi connectivity index (χ2v) is 5.41. The lowest BCUT2D eigenvalue weighted by Crippen LogP contribution is -2.15. The fourth-order valence-electron chi connectivity index (χ4n) is 1.63. The van der Waals surface area contributed by atoms with E-state index in [9.17, 15) is 13.6 Å². The number of hydrogen-bond acceptors (Lipinski definition) is 1. The predicted octanol–water partition coefficient (Wildman–Crippen LogP) is 4.56. The molecule has 0 heterocycles. The van der Waals surface area contributed by atoms with E-state index in [1.807, 2.05) is 0 Å². The summed E-state index contributed by atoms with van der Waals surface area (Å²) >= 11 is 8.82. The number of anilines is 1. The first kappa shape index (κ1) is 14.9. The van der Waals surface area contributed by atoms with Crippen LogP contribution in [0.25, 0.3) is 0 Å². The van der Waals surface area contributed by atoms with Crippen molar-refractivity contribution < 1.29 is 13.6 Å². The van der Waals surface area contributed by atoms with E-state index >= 15 is 0 Å². The van der Waals surface area contributed by atoms with E-state index in [0.29, 0.717) is 10.2 Å².